The van der Waals surface area contributed by atoms with Gasteiger partial charge in [-0.3, -0.25) is 4.68 Å². The van der Waals surface area contributed by atoms with E-state index in [4.69, 9.17) is 9.47 Å². The van der Waals surface area contributed by atoms with Gasteiger partial charge in [-0.2, -0.15) is 5.10 Å². The molecular formula is C15H19N3O2. The van der Waals surface area contributed by atoms with Gasteiger partial charge in [-0.25, -0.2) is 0 Å². The smallest absolute Gasteiger partial charge is 0.161 e. The molecule has 0 bridgehead atoms. The molecule has 3 rings (SSSR count). The molecule has 0 fully saturated rings. The van der Waals surface area contributed by atoms with E-state index >= 15 is 0 Å². The minimum atomic E-state index is 0.181. The molecule has 0 saturated heterocycles. The molecule has 0 amide bonds. The minimum absolute atomic E-state index is 0.181. The second-order valence-corrected chi connectivity index (χ2v) is 4.85. The Hall–Kier alpha value is -2.17. The van der Waals surface area contributed by atoms with E-state index in [0.29, 0.717) is 13.2 Å². The average molecular weight is 273 g/mol. The molecule has 20 heavy (non-hydrogen) atoms. The number of aryl methyl sites for hydroxylation is 1. The maximum Gasteiger partial charge on any atom is 0.161 e. The lowest BCUT2D eigenvalue weighted by atomic mass is 10.1. The summed E-state index contributed by atoms with van der Waals surface area (Å²) in [6, 6.07) is 6.25. The average Bonchev–Trinajstić information content (AvgIpc) is 2.94. The van der Waals surface area contributed by atoms with Crippen LogP contribution in [0.4, 0.5) is 5.69 Å². The van der Waals surface area contributed by atoms with E-state index in [0.717, 1.165) is 23.7 Å². The van der Waals surface area contributed by atoms with Gasteiger partial charge in [0, 0.05) is 18.8 Å². The molecule has 0 radical (unpaired) electrons. The van der Waals surface area contributed by atoms with E-state index in [-0.39, 0.29) is 6.04 Å². The molecule has 1 atom stereocenters. The first-order chi connectivity index (χ1) is 9.76. The third kappa shape index (κ3) is 2.57. The van der Waals surface area contributed by atoms with Crippen LogP contribution in [0.25, 0.3) is 0 Å². The fourth-order valence-electron chi connectivity index (χ4n) is 2.27. The largest absolute Gasteiger partial charge is 0.486 e. The van der Waals surface area contributed by atoms with Crippen LogP contribution in [-0.2, 0) is 6.54 Å². The lowest BCUT2D eigenvalue weighted by molar-refractivity contribution is 0.171. The highest BCUT2D eigenvalue weighted by Crippen LogP contribution is 2.33. The number of nitrogens with zero attached hydrogens (tertiary/aromatic N) is 2. The SMILES string of the molecule is CCn1cc(NC(C)c2ccc3c(c2)OCCO3)cn1. The van der Waals surface area contributed by atoms with Crippen LogP contribution in [0.1, 0.15) is 25.5 Å². The number of anilines is 1. The molecule has 1 N–H and O–H groups in total. The Morgan fingerprint density at radius 3 is 2.85 bits per heavy atom. The van der Waals surface area contributed by atoms with Gasteiger partial charge in [0.05, 0.1) is 11.9 Å². The molecule has 0 aliphatic carbocycles. The van der Waals surface area contributed by atoms with Crippen LogP contribution in [-0.4, -0.2) is 23.0 Å². The standard InChI is InChI=1S/C15H19N3O2/c1-3-18-10-13(9-16-18)17-11(2)12-4-5-14-15(8-12)20-7-6-19-14/h4-5,8-11,17H,3,6-7H2,1-2H3. The molecule has 1 aromatic heterocycles. The van der Waals surface area contributed by atoms with Gasteiger partial charge in [0.2, 0.25) is 0 Å². The molecule has 0 saturated carbocycles. The van der Waals surface area contributed by atoms with Crippen molar-refractivity contribution in [3.05, 3.63) is 36.2 Å². The van der Waals surface area contributed by atoms with Crippen LogP contribution in [0.15, 0.2) is 30.6 Å². The predicted octanol–water partition coefficient (Wildman–Crippen LogP) is 2.85. The number of aromatic nitrogens is 2. The van der Waals surface area contributed by atoms with Crippen molar-refractivity contribution >= 4 is 5.69 Å². The Morgan fingerprint density at radius 2 is 2.10 bits per heavy atom. The van der Waals surface area contributed by atoms with Crippen LogP contribution >= 0.6 is 0 Å². The zero-order chi connectivity index (χ0) is 13.9. The lowest BCUT2D eigenvalue weighted by Gasteiger charge is -2.21. The molecule has 0 spiro atoms. The summed E-state index contributed by atoms with van der Waals surface area (Å²) in [5.41, 5.74) is 2.19. The van der Waals surface area contributed by atoms with Crippen LogP contribution in [0.3, 0.4) is 0 Å². The predicted molar refractivity (Wildman–Crippen MR) is 77.4 cm³/mol. The lowest BCUT2D eigenvalue weighted by Crippen LogP contribution is -2.16. The van der Waals surface area contributed by atoms with Crippen molar-refractivity contribution in [3.63, 3.8) is 0 Å². The van der Waals surface area contributed by atoms with Gasteiger partial charge in [-0.15, -0.1) is 0 Å². The van der Waals surface area contributed by atoms with E-state index in [9.17, 15) is 0 Å². The fourth-order valence-corrected chi connectivity index (χ4v) is 2.27. The Kier molecular flexibility index (Phi) is 3.50. The molecule has 1 aliphatic rings. The first-order valence-electron chi connectivity index (χ1n) is 6.95. The van der Waals surface area contributed by atoms with Crippen molar-refractivity contribution in [2.75, 3.05) is 18.5 Å². The molecule has 5 nitrogen and oxygen atoms in total. The molecule has 1 aromatic carbocycles. The third-order valence-electron chi connectivity index (χ3n) is 3.41. The number of ether oxygens (including phenoxy) is 2. The maximum atomic E-state index is 5.62. The van der Waals surface area contributed by atoms with Crippen molar-refractivity contribution < 1.29 is 9.47 Å². The van der Waals surface area contributed by atoms with E-state index < -0.39 is 0 Å². The zero-order valence-electron chi connectivity index (χ0n) is 11.8. The van der Waals surface area contributed by atoms with Crippen LogP contribution in [0.5, 0.6) is 11.5 Å². The highest BCUT2D eigenvalue weighted by atomic mass is 16.6. The van der Waals surface area contributed by atoms with Crippen LogP contribution in [0, 0.1) is 0 Å². The molecule has 1 unspecified atom stereocenters. The first kappa shape index (κ1) is 12.8. The molecule has 106 valence electrons. The highest BCUT2D eigenvalue weighted by Gasteiger charge is 2.14. The highest BCUT2D eigenvalue weighted by molar-refractivity contribution is 5.47. The van der Waals surface area contributed by atoms with Gasteiger partial charge in [-0.05, 0) is 31.5 Å². The summed E-state index contributed by atoms with van der Waals surface area (Å²) in [6.07, 6.45) is 3.85. The summed E-state index contributed by atoms with van der Waals surface area (Å²) in [7, 11) is 0. The Morgan fingerprint density at radius 1 is 1.30 bits per heavy atom. The van der Waals surface area contributed by atoms with Crippen molar-refractivity contribution in [2.24, 2.45) is 0 Å². The fraction of sp³-hybridized carbons (Fsp3) is 0.400. The Labute approximate surface area is 118 Å². The van der Waals surface area contributed by atoms with E-state index in [1.165, 1.54) is 5.56 Å². The number of rotatable bonds is 4. The van der Waals surface area contributed by atoms with Gasteiger partial charge < -0.3 is 14.8 Å². The quantitative estimate of drug-likeness (QED) is 0.930. The number of hydrogen-bond donors (Lipinski definition) is 1. The van der Waals surface area contributed by atoms with Crippen LogP contribution < -0.4 is 14.8 Å². The Balaban J connectivity index is 1.74. The van der Waals surface area contributed by atoms with Gasteiger partial charge in [0.1, 0.15) is 13.2 Å². The topological polar surface area (TPSA) is 48.3 Å². The second-order valence-electron chi connectivity index (χ2n) is 4.85. The zero-order valence-corrected chi connectivity index (χ0v) is 11.8. The monoisotopic (exact) mass is 273 g/mol. The first-order valence-corrected chi connectivity index (χ1v) is 6.95. The third-order valence-corrected chi connectivity index (χ3v) is 3.41. The molecule has 2 aromatic rings. The number of benzene rings is 1. The van der Waals surface area contributed by atoms with Gasteiger partial charge in [0.15, 0.2) is 11.5 Å². The molecule has 5 heteroatoms. The van der Waals surface area contributed by atoms with E-state index in [2.05, 4.69) is 30.3 Å². The number of fused-ring (bicyclic) bond motifs is 1. The summed E-state index contributed by atoms with van der Waals surface area (Å²) in [5, 5.41) is 7.70. The normalized spacial score (nSPS) is 14.9. The minimum Gasteiger partial charge on any atom is -0.486 e. The molecule has 2 heterocycles. The van der Waals surface area contributed by atoms with Gasteiger partial charge in [0.25, 0.3) is 0 Å². The number of hydrogen-bond acceptors (Lipinski definition) is 4. The second kappa shape index (κ2) is 5.45. The van der Waals surface area contributed by atoms with E-state index in [1.54, 1.807) is 0 Å². The molecule has 1 aliphatic heterocycles. The van der Waals surface area contributed by atoms with Gasteiger partial charge in [-0.1, -0.05) is 6.07 Å². The summed E-state index contributed by atoms with van der Waals surface area (Å²) in [4.78, 5) is 0. The van der Waals surface area contributed by atoms with Crippen molar-refractivity contribution in [1.82, 2.24) is 9.78 Å². The summed E-state index contributed by atoms with van der Waals surface area (Å²) in [5.74, 6) is 1.65. The van der Waals surface area contributed by atoms with Crippen molar-refractivity contribution in [1.29, 1.82) is 0 Å². The maximum absolute atomic E-state index is 5.62. The van der Waals surface area contributed by atoms with Crippen LogP contribution in [0.2, 0.25) is 0 Å². The van der Waals surface area contributed by atoms with Crippen molar-refractivity contribution in [2.45, 2.75) is 26.4 Å². The molecular weight excluding hydrogens is 254 g/mol. The van der Waals surface area contributed by atoms with Crippen molar-refractivity contribution in [3.8, 4) is 11.5 Å². The number of nitrogens with one attached hydrogen (secondary N) is 1. The summed E-state index contributed by atoms with van der Waals surface area (Å²) >= 11 is 0. The summed E-state index contributed by atoms with van der Waals surface area (Å²) < 4.78 is 13.1. The van der Waals surface area contributed by atoms with Gasteiger partial charge >= 0.3 is 0 Å². The Bertz CT molecular complexity index is 595. The summed E-state index contributed by atoms with van der Waals surface area (Å²) in [6.45, 7) is 6.30. The van der Waals surface area contributed by atoms with E-state index in [1.807, 2.05) is 29.2 Å².